The summed E-state index contributed by atoms with van der Waals surface area (Å²) in [6, 6.07) is 3.40. The number of ether oxygens (including phenoxy) is 1. The van der Waals surface area contributed by atoms with Gasteiger partial charge >= 0.3 is 0 Å². The highest BCUT2D eigenvalue weighted by Gasteiger charge is 2.45. The first-order valence-electron chi connectivity index (χ1n) is 7.33. The van der Waals surface area contributed by atoms with E-state index in [-0.39, 0.29) is 24.6 Å². The van der Waals surface area contributed by atoms with Crippen molar-refractivity contribution < 1.29 is 22.4 Å². The lowest BCUT2D eigenvalue weighted by atomic mass is 9.91. The summed E-state index contributed by atoms with van der Waals surface area (Å²) in [5, 5.41) is 2.80. The monoisotopic (exact) mass is 328 g/mol. The molecule has 0 radical (unpaired) electrons. The van der Waals surface area contributed by atoms with Crippen molar-refractivity contribution in [3.8, 4) is 0 Å². The van der Waals surface area contributed by atoms with Crippen molar-refractivity contribution in [2.75, 3.05) is 19.4 Å². The molecule has 3 rings (SSSR count). The average molecular weight is 328 g/mol. The molecule has 2 aliphatic heterocycles. The molecule has 2 saturated heterocycles. The third-order valence-corrected chi connectivity index (χ3v) is 5.55. The Morgan fingerprint density at radius 3 is 3.00 bits per heavy atom. The van der Waals surface area contributed by atoms with Crippen LogP contribution < -0.4 is 5.32 Å². The summed E-state index contributed by atoms with van der Waals surface area (Å²) in [5.74, 6) is 0.0992. The Hall–Kier alpha value is -1.38. The van der Waals surface area contributed by atoms with Crippen molar-refractivity contribution in [1.82, 2.24) is 9.62 Å². The van der Waals surface area contributed by atoms with Crippen molar-refractivity contribution in [2.45, 2.75) is 31.5 Å². The van der Waals surface area contributed by atoms with Gasteiger partial charge in [0, 0.05) is 13.2 Å². The summed E-state index contributed by atoms with van der Waals surface area (Å²) in [7, 11) is -3.35. The number of piperidine rings is 1. The topological polar surface area (TPSA) is 88.9 Å². The molecular formula is C14H20N2O5S. The minimum Gasteiger partial charge on any atom is -0.467 e. The van der Waals surface area contributed by atoms with E-state index < -0.39 is 15.9 Å². The second-order valence-corrected chi connectivity index (χ2v) is 7.76. The Balaban J connectivity index is 1.67. The molecule has 1 aromatic heterocycles. The molecule has 1 amide bonds. The van der Waals surface area contributed by atoms with Gasteiger partial charge in [-0.1, -0.05) is 0 Å². The maximum Gasteiger partial charge on any atom is 0.224 e. The number of fused-ring (bicyclic) bond motifs is 1. The predicted molar refractivity (Wildman–Crippen MR) is 78.4 cm³/mol. The third kappa shape index (κ3) is 3.18. The molecule has 0 spiro atoms. The van der Waals surface area contributed by atoms with Crippen molar-refractivity contribution in [2.24, 2.45) is 5.92 Å². The van der Waals surface area contributed by atoms with E-state index in [1.54, 1.807) is 18.4 Å². The highest BCUT2D eigenvalue weighted by Crippen LogP contribution is 2.32. The zero-order chi connectivity index (χ0) is 15.7. The fourth-order valence-corrected chi connectivity index (χ4v) is 4.39. The van der Waals surface area contributed by atoms with Gasteiger partial charge in [-0.3, -0.25) is 4.79 Å². The van der Waals surface area contributed by atoms with Crippen molar-refractivity contribution in [3.63, 3.8) is 0 Å². The standard InChI is InChI=1S/C14H20N2O5S/c1-22(18,19)16-9-10(7-13-12(16)4-6-21-13)14(17)15-8-11-3-2-5-20-11/h2-3,5,10,12-13H,4,6-9H2,1H3,(H,15,17)/t10-,12-,13-/m1/s1. The SMILES string of the molecule is CS(=O)(=O)N1C[C@H](C(=O)NCc2ccco2)C[C@H]2OCC[C@H]21. The maximum absolute atomic E-state index is 12.3. The smallest absolute Gasteiger partial charge is 0.224 e. The lowest BCUT2D eigenvalue weighted by molar-refractivity contribution is -0.128. The number of nitrogens with zero attached hydrogens (tertiary/aromatic N) is 1. The Bertz CT molecular complexity index is 628. The van der Waals surface area contributed by atoms with Crippen LogP contribution in [0.1, 0.15) is 18.6 Å². The van der Waals surface area contributed by atoms with Crippen molar-refractivity contribution in [3.05, 3.63) is 24.2 Å². The molecule has 22 heavy (non-hydrogen) atoms. The number of furan rings is 1. The average Bonchev–Trinajstić information content (AvgIpc) is 3.13. The fraction of sp³-hybridized carbons (Fsp3) is 0.643. The molecular weight excluding hydrogens is 308 g/mol. The first-order valence-corrected chi connectivity index (χ1v) is 9.18. The molecule has 0 unspecified atom stereocenters. The van der Waals surface area contributed by atoms with Crippen LogP contribution in [0.5, 0.6) is 0 Å². The quantitative estimate of drug-likeness (QED) is 0.861. The van der Waals surface area contributed by atoms with E-state index in [4.69, 9.17) is 9.15 Å². The second-order valence-electron chi connectivity index (χ2n) is 5.83. The highest BCUT2D eigenvalue weighted by molar-refractivity contribution is 7.88. The summed E-state index contributed by atoms with van der Waals surface area (Å²) in [6.45, 7) is 1.06. The number of hydrogen-bond acceptors (Lipinski definition) is 5. The second kappa shape index (κ2) is 6.02. The number of carbonyl (C=O) groups is 1. The summed E-state index contributed by atoms with van der Waals surface area (Å²) in [6.07, 6.45) is 3.79. The van der Waals surface area contributed by atoms with Crippen LogP contribution in [-0.4, -0.2) is 50.2 Å². The highest BCUT2D eigenvalue weighted by atomic mass is 32.2. The fourth-order valence-electron chi connectivity index (χ4n) is 3.20. The van der Waals surface area contributed by atoms with Crippen LogP contribution in [0.3, 0.4) is 0 Å². The van der Waals surface area contributed by atoms with Crippen molar-refractivity contribution in [1.29, 1.82) is 0 Å². The van der Waals surface area contributed by atoms with Crippen LogP contribution in [0.4, 0.5) is 0 Å². The van der Waals surface area contributed by atoms with Gasteiger partial charge in [0.1, 0.15) is 5.76 Å². The molecule has 2 aliphatic rings. The van der Waals surface area contributed by atoms with Crippen LogP contribution in [-0.2, 0) is 26.1 Å². The van der Waals surface area contributed by atoms with E-state index in [2.05, 4.69) is 5.32 Å². The Morgan fingerprint density at radius 1 is 1.50 bits per heavy atom. The van der Waals surface area contributed by atoms with Crippen LogP contribution in [0, 0.1) is 5.92 Å². The lowest BCUT2D eigenvalue weighted by Gasteiger charge is -2.38. The molecule has 3 heterocycles. The normalized spacial score (nSPS) is 29.2. The van der Waals surface area contributed by atoms with E-state index >= 15 is 0 Å². The summed E-state index contributed by atoms with van der Waals surface area (Å²) in [5.41, 5.74) is 0. The van der Waals surface area contributed by atoms with Crippen LogP contribution in [0.2, 0.25) is 0 Å². The lowest BCUT2D eigenvalue weighted by Crippen LogP contribution is -2.54. The van der Waals surface area contributed by atoms with Gasteiger partial charge in [-0.25, -0.2) is 8.42 Å². The molecule has 122 valence electrons. The third-order valence-electron chi connectivity index (χ3n) is 4.28. The van der Waals surface area contributed by atoms with Gasteiger partial charge < -0.3 is 14.5 Å². The van der Waals surface area contributed by atoms with E-state index in [1.165, 1.54) is 10.6 Å². The van der Waals surface area contributed by atoms with E-state index in [0.717, 1.165) is 0 Å². The molecule has 0 aliphatic carbocycles. The largest absolute Gasteiger partial charge is 0.467 e. The molecule has 1 N–H and O–H groups in total. The van der Waals surface area contributed by atoms with E-state index in [9.17, 15) is 13.2 Å². The molecule has 8 heteroatoms. The van der Waals surface area contributed by atoms with Gasteiger partial charge in [0.2, 0.25) is 15.9 Å². The minimum absolute atomic E-state index is 0.135. The van der Waals surface area contributed by atoms with Crippen molar-refractivity contribution >= 4 is 15.9 Å². The van der Waals surface area contributed by atoms with Gasteiger partial charge in [0.15, 0.2) is 0 Å². The number of hydrogen-bond donors (Lipinski definition) is 1. The van der Waals surface area contributed by atoms with E-state index in [0.29, 0.717) is 31.8 Å². The van der Waals surface area contributed by atoms with Gasteiger partial charge in [0.05, 0.1) is 37.1 Å². The predicted octanol–water partition coefficient (Wildman–Crippen LogP) is 0.335. The van der Waals surface area contributed by atoms with Crippen LogP contribution in [0.15, 0.2) is 22.8 Å². The molecule has 1 aromatic rings. The molecule has 2 fully saturated rings. The summed E-state index contributed by atoms with van der Waals surface area (Å²) >= 11 is 0. The zero-order valence-electron chi connectivity index (χ0n) is 12.4. The first-order chi connectivity index (χ1) is 10.4. The summed E-state index contributed by atoms with van der Waals surface area (Å²) < 4.78 is 36.1. The van der Waals surface area contributed by atoms with Gasteiger partial charge in [-0.15, -0.1) is 0 Å². The Labute approximate surface area is 129 Å². The molecule has 3 atom stereocenters. The number of rotatable bonds is 4. The zero-order valence-corrected chi connectivity index (χ0v) is 13.2. The number of nitrogens with one attached hydrogen (secondary N) is 1. The molecule has 0 bridgehead atoms. The Morgan fingerprint density at radius 2 is 2.32 bits per heavy atom. The Kier molecular flexibility index (Phi) is 4.24. The molecule has 7 nitrogen and oxygen atoms in total. The van der Waals surface area contributed by atoms with E-state index in [1.807, 2.05) is 0 Å². The minimum atomic E-state index is -3.35. The van der Waals surface area contributed by atoms with Gasteiger partial charge in [-0.2, -0.15) is 4.31 Å². The number of carbonyl (C=O) groups excluding carboxylic acids is 1. The summed E-state index contributed by atoms with van der Waals surface area (Å²) in [4.78, 5) is 12.3. The maximum atomic E-state index is 12.3. The first kappa shape index (κ1) is 15.5. The molecule has 0 saturated carbocycles. The van der Waals surface area contributed by atoms with Gasteiger partial charge in [0.25, 0.3) is 0 Å². The van der Waals surface area contributed by atoms with Crippen LogP contribution >= 0.6 is 0 Å². The van der Waals surface area contributed by atoms with Crippen LogP contribution in [0.25, 0.3) is 0 Å². The number of amides is 1. The van der Waals surface area contributed by atoms with Gasteiger partial charge in [-0.05, 0) is 25.0 Å². The molecule has 0 aromatic carbocycles. The number of sulfonamides is 1.